The molecule has 6 heteroatoms. The molecule has 0 bridgehead atoms. The van der Waals surface area contributed by atoms with E-state index in [1.807, 2.05) is 53.3 Å². The third-order valence-corrected chi connectivity index (χ3v) is 4.53. The van der Waals surface area contributed by atoms with Gasteiger partial charge in [-0.3, -0.25) is 14.4 Å². The molecule has 0 spiro atoms. The molecule has 6 nitrogen and oxygen atoms in total. The third kappa shape index (κ3) is 3.43. The highest BCUT2D eigenvalue weighted by atomic mass is 16.5. The van der Waals surface area contributed by atoms with Gasteiger partial charge in [0.15, 0.2) is 0 Å². The molecule has 1 saturated heterocycles. The molecule has 0 radical (unpaired) electrons. The van der Waals surface area contributed by atoms with Gasteiger partial charge in [-0.2, -0.15) is 5.10 Å². The molecule has 0 saturated carbocycles. The van der Waals surface area contributed by atoms with E-state index in [-0.39, 0.29) is 11.9 Å². The second-order valence-corrected chi connectivity index (χ2v) is 6.23. The van der Waals surface area contributed by atoms with Crippen LogP contribution in [0.4, 0.5) is 0 Å². The first-order chi connectivity index (χ1) is 11.6. The maximum Gasteiger partial charge on any atom is 0.220 e. The Morgan fingerprint density at radius 1 is 1.33 bits per heavy atom. The molecule has 1 amide bonds. The smallest absolute Gasteiger partial charge is 0.220 e. The molecule has 1 aliphatic heterocycles. The number of carbonyl (C=O) groups excluding carboxylic acids is 1. The summed E-state index contributed by atoms with van der Waals surface area (Å²) in [5, 5.41) is 4.24. The number of benzene rings is 1. The van der Waals surface area contributed by atoms with Gasteiger partial charge in [0, 0.05) is 57.5 Å². The Morgan fingerprint density at radius 3 is 2.79 bits per heavy atom. The molecule has 128 valence electrons. The summed E-state index contributed by atoms with van der Waals surface area (Å²) in [6.45, 7) is 4.84. The first kappa shape index (κ1) is 16.5. The van der Waals surface area contributed by atoms with Gasteiger partial charge in [0.1, 0.15) is 5.75 Å². The molecule has 0 aliphatic carbocycles. The van der Waals surface area contributed by atoms with Gasteiger partial charge in [0.2, 0.25) is 5.91 Å². The number of aromatic nitrogens is 2. The molecule has 2 aromatic rings. The van der Waals surface area contributed by atoms with E-state index in [9.17, 15) is 4.79 Å². The molecule has 2 heterocycles. The van der Waals surface area contributed by atoms with Crippen LogP contribution in [0.1, 0.15) is 24.1 Å². The number of para-hydroxylation sites is 1. The lowest BCUT2D eigenvalue weighted by molar-refractivity contribution is -0.134. The van der Waals surface area contributed by atoms with E-state index in [2.05, 4.69) is 10.00 Å². The molecule has 1 atom stereocenters. The SMILES string of the molecule is COc1ccccc1[C@@H]1CN(Cc2cnn(C)c2)CCN1C(C)=O. The summed E-state index contributed by atoms with van der Waals surface area (Å²) in [6, 6.07) is 7.96. The highest BCUT2D eigenvalue weighted by molar-refractivity contribution is 5.74. The predicted molar refractivity (Wildman–Crippen MR) is 91.6 cm³/mol. The zero-order valence-corrected chi connectivity index (χ0v) is 14.5. The number of piperazine rings is 1. The second-order valence-electron chi connectivity index (χ2n) is 6.23. The summed E-state index contributed by atoms with van der Waals surface area (Å²) in [7, 11) is 3.60. The van der Waals surface area contributed by atoms with Crippen LogP contribution >= 0.6 is 0 Å². The van der Waals surface area contributed by atoms with E-state index in [4.69, 9.17) is 4.74 Å². The molecule has 1 aliphatic rings. The van der Waals surface area contributed by atoms with E-state index in [0.717, 1.165) is 37.5 Å². The van der Waals surface area contributed by atoms with Crippen molar-refractivity contribution in [3.05, 3.63) is 47.8 Å². The quantitative estimate of drug-likeness (QED) is 0.859. The van der Waals surface area contributed by atoms with Crippen LogP contribution in [-0.4, -0.2) is 52.2 Å². The minimum absolute atomic E-state index is 0.00377. The molecule has 0 unspecified atom stereocenters. The van der Waals surface area contributed by atoms with Crippen molar-refractivity contribution in [1.29, 1.82) is 0 Å². The first-order valence-corrected chi connectivity index (χ1v) is 8.18. The number of carbonyl (C=O) groups is 1. The fourth-order valence-corrected chi connectivity index (χ4v) is 3.38. The van der Waals surface area contributed by atoms with Crippen LogP contribution in [-0.2, 0) is 18.4 Å². The Morgan fingerprint density at radius 2 is 2.12 bits per heavy atom. The Balaban J connectivity index is 1.83. The maximum absolute atomic E-state index is 12.1. The number of amides is 1. The van der Waals surface area contributed by atoms with E-state index in [1.54, 1.807) is 14.0 Å². The lowest BCUT2D eigenvalue weighted by Gasteiger charge is -2.41. The Labute approximate surface area is 142 Å². The van der Waals surface area contributed by atoms with Crippen molar-refractivity contribution in [2.24, 2.45) is 7.05 Å². The number of hydrogen-bond acceptors (Lipinski definition) is 4. The highest BCUT2D eigenvalue weighted by Crippen LogP contribution is 2.32. The van der Waals surface area contributed by atoms with Gasteiger partial charge in [0.05, 0.1) is 19.3 Å². The van der Waals surface area contributed by atoms with Crippen molar-refractivity contribution in [3.8, 4) is 5.75 Å². The van der Waals surface area contributed by atoms with Gasteiger partial charge in [0.25, 0.3) is 0 Å². The minimum Gasteiger partial charge on any atom is -0.496 e. The summed E-state index contributed by atoms with van der Waals surface area (Å²) in [4.78, 5) is 16.4. The van der Waals surface area contributed by atoms with Crippen molar-refractivity contribution >= 4 is 5.91 Å². The highest BCUT2D eigenvalue weighted by Gasteiger charge is 2.31. The Kier molecular flexibility index (Phi) is 4.85. The summed E-state index contributed by atoms with van der Waals surface area (Å²) < 4.78 is 7.33. The average Bonchev–Trinajstić information content (AvgIpc) is 2.99. The third-order valence-electron chi connectivity index (χ3n) is 4.53. The summed E-state index contributed by atoms with van der Waals surface area (Å²) in [5.74, 6) is 0.934. The van der Waals surface area contributed by atoms with E-state index in [0.29, 0.717) is 0 Å². The van der Waals surface area contributed by atoms with Crippen LogP contribution in [0, 0.1) is 0 Å². The van der Waals surface area contributed by atoms with Crippen LogP contribution < -0.4 is 4.74 Å². The number of methoxy groups -OCH3 is 1. The van der Waals surface area contributed by atoms with Crippen molar-refractivity contribution in [2.45, 2.75) is 19.5 Å². The topological polar surface area (TPSA) is 50.6 Å². The Hall–Kier alpha value is -2.34. The zero-order chi connectivity index (χ0) is 17.1. The summed E-state index contributed by atoms with van der Waals surface area (Å²) >= 11 is 0. The van der Waals surface area contributed by atoms with Gasteiger partial charge in [-0.1, -0.05) is 18.2 Å². The number of nitrogens with zero attached hydrogens (tertiary/aromatic N) is 4. The van der Waals surface area contributed by atoms with Crippen molar-refractivity contribution < 1.29 is 9.53 Å². The second kappa shape index (κ2) is 7.05. The zero-order valence-electron chi connectivity index (χ0n) is 14.5. The van der Waals surface area contributed by atoms with Gasteiger partial charge >= 0.3 is 0 Å². The van der Waals surface area contributed by atoms with Crippen molar-refractivity contribution in [3.63, 3.8) is 0 Å². The standard InChI is InChI=1S/C18H24N4O2/c1-14(23)22-9-8-21(12-15-10-19-20(2)11-15)13-17(22)16-6-4-5-7-18(16)24-3/h4-7,10-11,17H,8-9,12-13H2,1-3H3/t17-/m0/s1. The lowest BCUT2D eigenvalue weighted by atomic mass is 10.0. The Bertz CT molecular complexity index is 713. The molecule has 3 rings (SSSR count). The molecule has 0 N–H and O–H groups in total. The number of ether oxygens (including phenoxy) is 1. The molecule has 1 fully saturated rings. The monoisotopic (exact) mass is 328 g/mol. The van der Waals surface area contributed by atoms with Gasteiger partial charge < -0.3 is 9.64 Å². The van der Waals surface area contributed by atoms with Crippen molar-refractivity contribution in [1.82, 2.24) is 19.6 Å². The van der Waals surface area contributed by atoms with Crippen LogP contribution in [0.2, 0.25) is 0 Å². The fraction of sp³-hybridized carbons (Fsp3) is 0.444. The van der Waals surface area contributed by atoms with Crippen LogP contribution in [0.3, 0.4) is 0 Å². The van der Waals surface area contributed by atoms with E-state index >= 15 is 0 Å². The van der Waals surface area contributed by atoms with Crippen LogP contribution in [0.15, 0.2) is 36.7 Å². The number of aryl methyl sites for hydroxylation is 1. The molecular weight excluding hydrogens is 304 g/mol. The lowest BCUT2D eigenvalue weighted by Crippen LogP contribution is -2.49. The van der Waals surface area contributed by atoms with Gasteiger partial charge in [-0.15, -0.1) is 0 Å². The largest absolute Gasteiger partial charge is 0.496 e. The molecular formula is C18H24N4O2. The number of rotatable bonds is 4. The molecule has 1 aromatic heterocycles. The van der Waals surface area contributed by atoms with E-state index < -0.39 is 0 Å². The number of hydrogen-bond donors (Lipinski definition) is 0. The average molecular weight is 328 g/mol. The van der Waals surface area contributed by atoms with Crippen molar-refractivity contribution in [2.75, 3.05) is 26.7 Å². The molecule has 24 heavy (non-hydrogen) atoms. The van der Waals surface area contributed by atoms with Crippen LogP contribution in [0.25, 0.3) is 0 Å². The fourth-order valence-electron chi connectivity index (χ4n) is 3.38. The van der Waals surface area contributed by atoms with Crippen LogP contribution in [0.5, 0.6) is 5.75 Å². The maximum atomic E-state index is 12.1. The van der Waals surface area contributed by atoms with Gasteiger partial charge in [-0.25, -0.2) is 0 Å². The van der Waals surface area contributed by atoms with Gasteiger partial charge in [-0.05, 0) is 6.07 Å². The summed E-state index contributed by atoms with van der Waals surface area (Å²) in [5.41, 5.74) is 2.25. The molecule has 1 aromatic carbocycles. The predicted octanol–water partition coefficient (Wildman–Crippen LogP) is 1.83. The first-order valence-electron chi connectivity index (χ1n) is 8.18. The normalized spacial score (nSPS) is 18.6. The van der Waals surface area contributed by atoms with E-state index in [1.165, 1.54) is 5.56 Å². The minimum atomic E-state index is 0.00377. The summed E-state index contributed by atoms with van der Waals surface area (Å²) in [6.07, 6.45) is 3.94.